The first kappa shape index (κ1) is 20.7. The molecule has 6 aromatic heterocycles. The van der Waals surface area contributed by atoms with Gasteiger partial charge < -0.3 is 14.7 Å². The van der Waals surface area contributed by atoms with Crippen LogP contribution in [0, 0.1) is 0 Å². The number of fused-ring (bicyclic) bond motifs is 2. The summed E-state index contributed by atoms with van der Waals surface area (Å²) in [6, 6.07) is 7.53. The Bertz CT molecular complexity index is 1670. The van der Waals surface area contributed by atoms with Crippen LogP contribution in [-0.2, 0) is 4.79 Å². The maximum Gasteiger partial charge on any atom is 0.224 e. The summed E-state index contributed by atoms with van der Waals surface area (Å²) in [5.41, 5.74) is 7.46. The number of imidazole rings is 1. The van der Waals surface area contributed by atoms with Crippen LogP contribution in [0.1, 0.15) is 19.8 Å². The first-order valence-corrected chi connectivity index (χ1v) is 11.2. The maximum absolute atomic E-state index is 12.0. The number of carbonyl (C=O) groups excluding carboxylic acids is 1. The van der Waals surface area contributed by atoms with Gasteiger partial charge in [-0.15, -0.1) is 0 Å². The molecule has 0 bridgehead atoms. The number of anilines is 1. The SMILES string of the molecule is CCCC(=O)Nc1cncc(-c2ccc3[nH]nc(-c4nc5c(-c6ccoc6)cncc5[nH]4)c3n2)c1. The highest BCUT2D eigenvalue weighted by atomic mass is 16.3. The molecule has 6 aromatic rings. The molecule has 0 fully saturated rings. The lowest BCUT2D eigenvalue weighted by atomic mass is 10.1. The Labute approximate surface area is 198 Å². The summed E-state index contributed by atoms with van der Waals surface area (Å²) >= 11 is 0. The number of furan rings is 1. The summed E-state index contributed by atoms with van der Waals surface area (Å²) < 4.78 is 5.23. The number of nitrogens with zero attached hydrogens (tertiary/aromatic N) is 5. The van der Waals surface area contributed by atoms with Crippen LogP contribution in [0.15, 0.2) is 66.0 Å². The molecule has 10 heteroatoms. The van der Waals surface area contributed by atoms with E-state index < -0.39 is 0 Å². The van der Waals surface area contributed by atoms with Gasteiger partial charge >= 0.3 is 0 Å². The fourth-order valence-corrected chi connectivity index (χ4v) is 4.00. The summed E-state index contributed by atoms with van der Waals surface area (Å²) in [6.07, 6.45) is 11.3. The van der Waals surface area contributed by atoms with E-state index in [2.05, 4.69) is 30.5 Å². The Balaban J connectivity index is 1.40. The van der Waals surface area contributed by atoms with Crippen LogP contribution in [0.4, 0.5) is 5.69 Å². The highest BCUT2D eigenvalue weighted by Crippen LogP contribution is 2.31. The van der Waals surface area contributed by atoms with Crippen molar-refractivity contribution < 1.29 is 9.21 Å². The number of hydrogen-bond donors (Lipinski definition) is 3. The smallest absolute Gasteiger partial charge is 0.224 e. The number of nitrogens with one attached hydrogen (secondary N) is 3. The predicted molar refractivity (Wildman–Crippen MR) is 131 cm³/mol. The minimum Gasteiger partial charge on any atom is -0.472 e. The van der Waals surface area contributed by atoms with Crippen molar-refractivity contribution >= 4 is 33.7 Å². The third-order valence-corrected chi connectivity index (χ3v) is 5.65. The summed E-state index contributed by atoms with van der Waals surface area (Å²) in [5.74, 6) is 0.536. The average Bonchev–Trinajstić information content (AvgIpc) is 3.63. The number of aromatic amines is 2. The second-order valence-corrected chi connectivity index (χ2v) is 8.11. The molecule has 0 atom stereocenters. The first-order chi connectivity index (χ1) is 17.2. The van der Waals surface area contributed by atoms with E-state index in [9.17, 15) is 4.79 Å². The number of rotatable bonds is 6. The van der Waals surface area contributed by atoms with E-state index in [4.69, 9.17) is 14.4 Å². The molecule has 0 aliphatic heterocycles. The average molecular weight is 464 g/mol. The Morgan fingerprint density at radius 2 is 1.91 bits per heavy atom. The van der Waals surface area contributed by atoms with Crippen molar-refractivity contribution in [3.8, 4) is 33.9 Å². The molecule has 35 heavy (non-hydrogen) atoms. The number of amides is 1. The van der Waals surface area contributed by atoms with E-state index in [1.807, 2.05) is 31.2 Å². The van der Waals surface area contributed by atoms with Gasteiger partial charge in [-0.2, -0.15) is 5.10 Å². The van der Waals surface area contributed by atoms with Crippen molar-refractivity contribution in [1.29, 1.82) is 0 Å². The molecule has 0 spiro atoms. The highest BCUT2D eigenvalue weighted by molar-refractivity contribution is 5.96. The predicted octanol–water partition coefficient (Wildman–Crippen LogP) is 4.96. The Morgan fingerprint density at radius 3 is 2.77 bits per heavy atom. The number of carbonyl (C=O) groups is 1. The van der Waals surface area contributed by atoms with Gasteiger partial charge in [-0.1, -0.05) is 6.92 Å². The topological polar surface area (TPSA) is 138 Å². The van der Waals surface area contributed by atoms with Crippen molar-refractivity contribution in [2.24, 2.45) is 0 Å². The molecular weight excluding hydrogens is 444 g/mol. The van der Waals surface area contributed by atoms with Crippen LogP contribution < -0.4 is 5.32 Å². The highest BCUT2D eigenvalue weighted by Gasteiger charge is 2.17. The van der Waals surface area contributed by atoms with E-state index in [-0.39, 0.29) is 5.91 Å². The van der Waals surface area contributed by atoms with Crippen molar-refractivity contribution in [2.75, 3.05) is 5.32 Å². The Kier molecular flexibility index (Phi) is 5.03. The van der Waals surface area contributed by atoms with Gasteiger partial charge in [-0.05, 0) is 30.7 Å². The number of aromatic nitrogens is 7. The summed E-state index contributed by atoms with van der Waals surface area (Å²) in [7, 11) is 0. The van der Waals surface area contributed by atoms with E-state index in [0.717, 1.165) is 39.7 Å². The lowest BCUT2D eigenvalue weighted by Crippen LogP contribution is -2.10. The molecule has 0 aliphatic carbocycles. The third kappa shape index (κ3) is 3.80. The Morgan fingerprint density at radius 1 is 1.00 bits per heavy atom. The largest absolute Gasteiger partial charge is 0.472 e. The lowest BCUT2D eigenvalue weighted by molar-refractivity contribution is -0.116. The van der Waals surface area contributed by atoms with Crippen molar-refractivity contribution in [3.63, 3.8) is 0 Å². The molecular formula is C25H20N8O2. The molecule has 0 radical (unpaired) electrons. The van der Waals surface area contributed by atoms with Gasteiger partial charge in [0.05, 0.1) is 47.3 Å². The van der Waals surface area contributed by atoms with Gasteiger partial charge in [0, 0.05) is 35.5 Å². The van der Waals surface area contributed by atoms with E-state index in [1.165, 1.54) is 0 Å². The van der Waals surface area contributed by atoms with E-state index >= 15 is 0 Å². The lowest BCUT2D eigenvalue weighted by Gasteiger charge is -2.06. The van der Waals surface area contributed by atoms with Crippen molar-refractivity contribution in [2.45, 2.75) is 19.8 Å². The Hall–Kier alpha value is -4.86. The molecule has 0 aromatic carbocycles. The second kappa shape index (κ2) is 8.49. The minimum atomic E-state index is -0.0406. The van der Waals surface area contributed by atoms with Crippen molar-refractivity contribution in [3.05, 3.63) is 61.6 Å². The number of hydrogen-bond acceptors (Lipinski definition) is 7. The molecule has 6 rings (SSSR count). The number of H-pyrrole nitrogens is 2. The van der Waals surface area contributed by atoms with Crippen LogP contribution in [0.2, 0.25) is 0 Å². The zero-order valence-corrected chi connectivity index (χ0v) is 18.7. The van der Waals surface area contributed by atoms with E-state index in [1.54, 1.807) is 37.3 Å². The monoisotopic (exact) mass is 464 g/mol. The zero-order valence-electron chi connectivity index (χ0n) is 18.7. The van der Waals surface area contributed by atoms with Gasteiger partial charge in [0.2, 0.25) is 5.91 Å². The fourth-order valence-electron chi connectivity index (χ4n) is 4.00. The molecule has 0 saturated heterocycles. The second-order valence-electron chi connectivity index (χ2n) is 8.11. The van der Waals surface area contributed by atoms with Crippen molar-refractivity contribution in [1.82, 2.24) is 35.1 Å². The molecule has 172 valence electrons. The van der Waals surface area contributed by atoms with E-state index in [0.29, 0.717) is 34.8 Å². The first-order valence-electron chi connectivity index (χ1n) is 11.2. The number of pyridine rings is 3. The molecule has 3 N–H and O–H groups in total. The summed E-state index contributed by atoms with van der Waals surface area (Å²) in [4.78, 5) is 33.5. The van der Waals surface area contributed by atoms with Crippen LogP contribution >= 0.6 is 0 Å². The molecule has 1 amide bonds. The summed E-state index contributed by atoms with van der Waals surface area (Å²) in [6.45, 7) is 1.96. The van der Waals surface area contributed by atoms with Gasteiger partial charge in [0.15, 0.2) is 11.5 Å². The quantitative estimate of drug-likeness (QED) is 0.317. The standard InChI is InChI=1S/C25H20N8O2/c1-2-3-21(34)28-16-8-15(9-26-10-16)18-4-5-19-23(29-18)24(33-32-19)25-30-20-12-27-11-17(22(20)31-25)14-6-7-35-13-14/h4-13H,2-3H2,1H3,(H,28,34)(H,30,31)(H,32,33). The molecule has 0 unspecified atom stereocenters. The van der Waals surface area contributed by atoms with Gasteiger partial charge in [-0.3, -0.25) is 19.9 Å². The third-order valence-electron chi connectivity index (χ3n) is 5.65. The molecule has 0 saturated carbocycles. The van der Waals surface area contributed by atoms with Gasteiger partial charge in [-0.25, -0.2) is 9.97 Å². The normalized spacial score (nSPS) is 11.3. The van der Waals surface area contributed by atoms with Crippen LogP contribution in [0.3, 0.4) is 0 Å². The van der Waals surface area contributed by atoms with Crippen LogP contribution in [0.5, 0.6) is 0 Å². The zero-order chi connectivity index (χ0) is 23.8. The minimum absolute atomic E-state index is 0.0406. The van der Waals surface area contributed by atoms with Gasteiger partial charge in [0.1, 0.15) is 11.0 Å². The van der Waals surface area contributed by atoms with Crippen LogP contribution in [-0.4, -0.2) is 41.0 Å². The maximum atomic E-state index is 12.0. The van der Waals surface area contributed by atoms with Gasteiger partial charge in [0.25, 0.3) is 0 Å². The molecule has 10 nitrogen and oxygen atoms in total. The summed E-state index contributed by atoms with van der Waals surface area (Å²) in [5, 5.41) is 10.4. The molecule has 0 aliphatic rings. The fraction of sp³-hybridized carbons (Fsp3) is 0.120. The molecule has 6 heterocycles. The van der Waals surface area contributed by atoms with Crippen LogP contribution in [0.25, 0.3) is 56.0 Å².